The van der Waals surface area contributed by atoms with Gasteiger partial charge in [-0.2, -0.15) is 14.7 Å². The molecule has 108 valence electrons. The smallest absolute Gasteiger partial charge is 0.157 e. The average Bonchev–Trinajstić information content (AvgIpc) is 3.16. The van der Waals surface area contributed by atoms with Crippen LogP contribution in [0.4, 0.5) is 5.82 Å². The fourth-order valence-corrected chi connectivity index (χ4v) is 3.08. The minimum atomic E-state index is 0.431. The van der Waals surface area contributed by atoms with Crippen LogP contribution >= 0.6 is 0 Å². The quantitative estimate of drug-likeness (QED) is 0.721. The Hall–Kier alpha value is -2.37. The number of rotatable bonds is 2. The molecular weight excluding hydrogens is 264 g/mol. The molecule has 1 unspecified atom stereocenters. The summed E-state index contributed by atoms with van der Waals surface area (Å²) in [6, 6.07) is 6.55. The average molecular weight is 282 g/mol. The Balaban J connectivity index is 1.71. The van der Waals surface area contributed by atoms with Crippen LogP contribution in [0.3, 0.4) is 0 Å². The van der Waals surface area contributed by atoms with E-state index >= 15 is 0 Å². The molecule has 0 amide bonds. The molecule has 0 radical (unpaired) electrons. The Morgan fingerprint density at radius 3 is 2.90 bits per heavy atom. The van der Waals surface area contributed by atoms with Crippen molar-refractivity contribution in [1.29, 1.82) is 0 Å². The number of nitrogens with zero attached hydrogens (tertiary/aromatic N) is 6. The third kappa shape index (κ3) is 2.07. The Bertz CT molecular complexity index is 773. The predicted molar refractivity (Wildman–Crippen MR) is 80.6 cm³/mol. The maximum absolute atomic E-state index is 4.58. The Morgan fingerprint density at radius 1 is 1.19 bits per heavy atom. The first-order valence-electron chi connectivity index (χ1n) is 7.29. The topological polar surface area (TPSA) is 51.2 Å². The van der Waals surface area contributed by atoms with E-state index in [2.05, 4.69) is 30.8 Å². The van der Waals surface area contributed by atoms with Crippen LogP contribution in [0.25, 0.3) is 5.65 Å². The molecule has 0 aliphatic carbocycles. The summed E-state index contributed by atoms with van der Waals surface area (Å²) in [7, 11) is 0. The lowest BCUT2D eigenvalue weighted by Gasteiger charge is -2.20. The Morgan fingerprint density at radius 2 is 2.10 bits per heavy atom. The van der Waals surface area contributed by atoms with Crippen LogP contribution in [0.5, 0.6) is 0 Å². The fraction of sp³-hybridized carbons (Fsp3) is 0.400. The first-order chi connectivity index (χ1) is 10.2. The van der Waals surface area contributed by atoms with Gasteiger partial charge in [-0.3, -0.25) is 4.68 Å². The van der Waals surface area contributed by atoms with Crippen molar-refractivity contribution in [2.45, 2.75) is 26.3 Å². The summed E-state index contributed by atoms with van der Waals surface area (Å²) in [5.41, 5.74) is 2.95. The molecule has 6 heteroatoms. The standard InChI is InChI=1S/C15H18N6/c1-11-9-15(21-14(17-11)8-12(2)18-21)19-7-4-13(10-19)20-6-3-5-16-20/h3,5-6,8-9,13H,4,7,10H2,1-2H3. The van der Waals surface area contributed by atoms with Gasteiger partial charge in [-0.25, -0.2) is 4.98 Å². The molecule has 1 aliphatic rings. The van der Waals surface area contributed by atoms with Gasteiger partial charge in [0.25, 0.3) is 0 Å². The van der Waals surface area contributed by atoms with E-state index in [4.69, 9.17) is 0 Å². The monoisotopic (exact) mass is 282 g/mol. The van der Waals surface area contributed by atoms with E-state index < -0.39 is 0 Å². The van der Waals surface area contributed by atoms with Gasteiger partial charge in [0.1, 0.15) is 5.82 Å². The molecule has 0 spiro atoms. The van der Waals surface area contributed by atoms with Crippen molar-refractivity contribution in [3.63, 3.8) is 0 Å². The second-order valence-corrected chi connectivity index (χ2v) is 5.69. The Labute approximate surface area is 123 Å². The molecule has 0 aromatic carbocycles. The van der Waals surface area contributed by atoms with Crippen LogP contribution in [-0.4, -0.2) is 37.5 Å². The largest absolute Gasteiger partial charge is 0.354 e. The molecule has 3 aromatic heterocycles. The molecular formula is C15H18N6. The number of anilines is 1. The van der Waals surface area contributed by atoms with Gasteiger partial charge in [0.05, 0.1) is 11.7 Å². The third-order valence-corrected chi connectivity index (χ3v) is 4.04. The van der Waals surface area contributed by atoms with E-state index in [0.717, 1.165) is 42.4 Å². The van der Waals surface area contributed by atoms with Crippen molar-refractivity contribution >= 4 is 11.5 Å². The number of aryl methyl sites for hydroxylation is 2. The zero-order valence-corrected chi connectivity index (χ0v) is 12.3. The van der Waals surface area contributed by atoms with E-state index in [-0.39, 0.29) is 0 Å². The second-order valence-electron chi connectivity index (χ2n) is 5.69. The molecule has 1 fully saturated rings. The molecule has 0 bridgehead atoms. The van der Waals surface area contributed by atoms with Crippen molar-refractivity contribution in [3.05, 3.63) is 42.0 Å². The van der Waals surface area contributed by atoms with Crippen LogP contribution in [0.1, 0.15) is 23.9 Å². The van der Waals surface area contributed by atoms with E-state index in [1.165, 1.54) is 0 Å². The summed E-state index contributed by atoms with van der Waals surface area (Å²) in [5.74, 6) is 1.13. The first kappa shape index (κ1) is 12.4. The van der Waals surface area contributed by atoms with Crippen molar-refractivity contribution in [1.82, 2.24) is 24.4 Å². The van der Waals surface area contributed by atoms with Gasteiger partial charge < -0.3 is 4.90 Å². The van der Waals surface area contributed by atoms with Gasteiger partial charge >= 0.3 is 0 Å². The molecule has 0 N–H and O–H groups in total. The summed E-state index contributed by atoms with van der Waals surface area (Å²) in [6.45, 7) is 6.01. The highest BCUT2D eigenvalue weighted by molar-refractivity contribution is 5.52. The maximum atomic E-state index is 4.58. The number of hydrogen-bond acceptors (Lipinski definition) is 4. The van der Waals surface area contributed by atoms with E-state index in [1.807, 2.05) is 42.9 Å². The molecule has 4 heterocycles. The second kappa shape index (κ2) is 4.58. The molecule has 6 nitrogen and oxygen atoms in total. The minimum absolute atomic E-state index is 0.431. The SMILES string of the molecule is Cc1cc(N2CCC(n3cccn3)C2)n2nc(C)cc2n1. The zero-order chi connectivity index (χ0) is 14.4. The van der Waals surface area contributed by atoms with Crippen molar-refractivity contribution in [2.24, 2.45) is 0 Å². The van der Waals surface area contributed by atoms with Crippen LogP contribution in [-0.2, 0) is 0 Å². The molecule has 21 heavy (non-hydrogen) atoms. The summed E-state index contributed by atoms with van der Waals surface area (Å²) in [6.07, 6.45) is 4.98. The van der Waals surface area contributed by atoms with Gasteiger partial charge in [-0.15, -0.1) is 0 Å². The van der Waals surface area contributed by atoms with Gasteiger partial charge in [-0.05, 0) is 26.3 Å². The van der Waals surface area contributed by atoms with Gasteiger partial charge in [0.15, 0.2) is 5.65 Å². The molecule has 1 aliphatic heterocycles. The highest BCUT2D eigenvalue weighted by atomic mass is 15.4. The van der Waals surface area contributed by atoms with E-state index in [1.54, 1.807) is 0 Å². The molecule has 1 saturated heterocycles. The summed E-state index contributed by atoms with van der Waals surface area (Å²) >= 11 is 0. The fourth-order valence-electron chi connectivity index (χ4n) is 3.08. The lowest BCUT2D eigenvalue weighted by Crippen LogP contribution is -2.24. The first-order valence-corrected chi connectivity index (χ1v) is 7.29. The van der Waals surface area contributed by atoms with Gasteiger partial charge in [0, 0.05) is 43.3 Å². The third-order valence-electron chi connectivity index (χ3n) is 4.04. The van der Waals surface area contributed by atoms with Crippen molar-refractivity contribution < 1.29 is 0 Å². The highest BCUT2D eigenvalue weighted by Crippen LogP contribution is 2.27. The maximum Gasteiger partial charge on any atom is 0.157 e. The molecule has 1 atom stereocenters. The lowest BCUT2D eigenvalue weighted by molar-refractivity contribution is 0.494. The molecule has 0 saturated carbocycles. The van der Waals surface area contributed by atoms with Gasteiger partial charge in [-0.1, -0.05) is 0 Å². The number of fused-ring (bicyclic) bond motifs is 1. The van der Waals surface area contributed by atoms with Crippen molar-refractivity contribution in [2.75, 3.05) is 18.0 Å². The molecule has 4 rings (SSSR count). The zero-order valence-electron chi connectivity index (χ0n) is 12.3. The van der Waals surface area contributed by atoms with Crippen LogP contribution < -0.4 is 4.90 Å². The van der Waals surface area contributed by atoms with Crippen LogP contribution in [0.15, 0.2) is 30.6 Å². The van der Waals surface area contributed by atoms with Crippen molar-refractivity contribution in [3.8, 4) is 0 Å². The number of aromatic nitrogens is 5. The van der Waals surface area contributed by atoms with E-state index in [0.29, 0.717) is 6.04 Å². The minimum Gasteiger partial charge on any atom is -0.354 e. The highest BCUT2D eigenvalue weighted by Gasteiger charge is 2.26. The summed E-state index contributed by atoms with van der Waals surface area (Å²) in [4.78, 5) is 6.93. The normalized spacial score (nSPS) is 18.8. The van der Waals surface area contributed by atoms with Gasteiger partial charge in [0.2, 0.25) is 0 Å². The Kier molecular flexibility index (Phi) is 2.70. The number of hydrogen-bond donors (Lipinski definition) is 0. The van der Waals surface area contributed by atoms with Crippen LogP contribution in [0, 0.1) is 13.8 Å². The summed E-state index contributed by atoms with van der Waals surface area (Å²) in [5, 5.41) is 8.94. The van der Waals surface area contributed by atoms with Crippen LogP contribution in [0.2, 0.25) is 0 Å². The molecule has 3 aromatic rings. The van der Waals surface area contributed by atoms with E-state index in [9.17, 15) is 0 Å². The lowest BCUT2D eigenvalue weighted by atomic mass is 10.3. The summed E-state index contributed by atoms with van der Waals surface area (Å²) < 4.78 is 4.01. The predicted octanol–water partition coefficient (Wildman–Crippen LogP) is 1.99.